The van der Waals surface area contributed by atoms with Crippen molar-refractivity contribution in [3.05, 3.63) is 60.2 Å². The second-order valence-electron chi connectivity index (χ2n) is 6.43. The number of sulfonamides is 1. The summed E-state index contributed by atoms with van der Waals surface area (Å²) < 4.78 is 37.1. The van der Waals surface area contributed by atoms with Gasteiger partial charge in [0.25, 0.3) is 5.91 Å². The standard InChI is InChI=1S/C20H26N2O5S/c1-16(14-26-3)21-20(23)15-27-18-9-11-19(12-10-18)28(24,25)22(2)13-17-7-5-4-6-8-17/h4-12,16H,13-15H2,1-3H3,(H,21,23)/t16-/m1/s1. The number of hydrogen-bond donors (Lipinski definition) is 1. The largest absolute Gasteiger partial charge is 0.484 e. The molecule has 0 fully saturated rings. The molecule has 0 aliphatic rings. The first-order chi connectivity index (χ1) is 13.3. The smallest absolute Gasteiger partial charge is 0.258 e. The molecular formula is C20H26N2O5S. The molecule has 8 heteroatoms. The molecule has 0 aliphatic heterocycles. The summed E-state index contributed by atoms with van der Waals surface area (Å²) in [4.78, 5) is 12.0. The fraction of sp³-hybridized carbons (Fsp3) is 0.350. The van der Waals surface area contributed by atoms with Crippen LogP contribution < -0.4 is 10.1 Å². The Hall–Kier alpha value is -2.42. The summed E-state index contributed by atoms with van der Waals surface area (Å²) in [7, 11) is -0.521. The maximum Gasteiger partial charge on any atom is 0.258 e. The molecule has 7 nitrogen and oxygen atoms in total. The quantitative estimate of drug-likeness (QED) is 0.653. The van der Waals surface area contributed by atoms with Crippen LogP contribution in [0.1, 0.15) is 12.5 Å². The number of benzene rings is 2. The monoisotopic (exact) mass is 406 g/mol. The van der Waals surface area contributed by atoms with Crippen molar-refractivity contribution in [2.75, 3.05) is 27.4 Å². The van der Waals surface area contributed by atoms with Gasteiger partial charge >= 0.3 is 0 Å². The second-order valence-corrected chi connectivity index (χ2v) is 8.48. The molecule has 0 aromatic heterocycles. The third kappa shape index (κ3) is 6.33. The summed E-state index contributed by atoms with van der Waals surface area (Å²) in [5.41, 5.74) is 0.905. The molecule has 0 saturated heterocycles. The lowest BCUT2D eigenvalue weighted by atomic mass is 10.2. The molecule has 1 amide bonds. The summed E-state index contributed by atoms with van der Waals surface area (Å²) in [5, 5.41) is 2.73. The van der Waals surface area contributed by atoms with E-state index in [1.807, 2.05) is 37.3 Å². The fourth-order valence-electron chi connectivity index (χ4n) is 2.57. The number of methoxy groups -OCH3 is 1. The Labute approximate surface area is 166 Å². The average Bonchev–Trinajstić information content (AvgIpc) is 2.67. The van der Waals surface area contributed by atoms with E-state index in [0.717, 1.165) is 5.56 Å². The fourth-order valence-corrected chi connectivity index (χ4v) is 3.73. The highest BCUT2D eigenvalue weighted by molar-refractivity contribution is 7.89. The van der Waals surface area contributed by atoms with Crippen molar-refractivity contribution < 1.29 is 22.7 Å². The number of rotatable bonds is 10. The first-order valence-corrected chi connectivity index (χ1v) is 10.3. The second kappa shape index (κ2) is 10.2. The van der Waals surface area contributed by atoms with Crippen LogP contribution >= 0.6 is 0 Å². The number of ether oxygens (including phenoxy) is 2. The van der Waals surface area contributed by atoms with Gasteiger partial charge in [-0.1, -0.05) is 30.3 Å². The first-order valence-electron chi connectivity index (χ1n) is 8.84. The van der Waals surface area contributed by atoms with Crippen molar-refractivity contribution in [2.24, 2.45) is 0 Å². The number of carbonyl (C=O) groups excluding carboxylic acids is 1. The van der Waals surface area contributed by atoms with E-state index in [1.165, 1.54) is 35.6 Å². The highest BCUT2D eigenvalue weighted by atomic mass is 32.2. The van der Waals surface area contributed by atoms with Crippen molar-refractivity contribution in [2.45, 2.75) is 24.4 Å². The number of nitrogens with one attached hydrogen (secondary N) is 1. The van der Waals surface area contributed by atoms with Crippen LogP contribution in [0.5, 0.6) is 5.75 Å². The van der Waals surface area contributed by atoms with E-state index in [2.05, 4.69) is 5.32 Å². The van der Waals surface area contributed by atoms with Gasteiger partial charge in [-0.25, -0.2) is 8.42 Å². The van der Waals surface area contributed by atoms with Gasteiger partial charge < -0.3 is 14.8 Å². The van der Waals surface area contributed by atoms with Gasteiger partial charge in [0.2, 0.25) is 10.0 Å². The highest BCUT2D eigenvalue weighted by Gasteiger charge is 2.21. The van der Waals surface area contributed by atoms with Crippen molar-refractivity contribution in [3.63, 3.8) is 0 Å². The van der Waals surface area contributed by atoms with Gasteiger partial charge in [-0.2, -0.15) is 4.31 Å². The molecule has 0 bridgehead atoms. The lowest BCUT2D eigenvalue weighted by Crippen LogP contribution is -2.38. The van der Waals surface area contributed by atoms with Gasteiger partial charge in [0.05, 0.1) is 11.5 Å². The van der Waals surface area contributed by atoms with E-state index in [1.54, 1.807) is 7.11 Å². The van der Waals surface area contributed by atoms with Crippen molar-refractivity contribution in [3.8, 4) is 5.75 Å². The predicted molar refractivity (Wildman–Crippen MR) is 107 cm³/mol. The van der Waals surface area contributed by atoms with Crippen molar-refractivity contribution >= 4 is 15.9 Å². The zero-order chi connectivity index (χ0) is 20.6. The zero-order valence-electron chi connectivity index (χ0n) is 16.3. The molecule has 0 heterocycles. The first kappa shape index (κ1) is 21.9. The number of hydrogen-bond acceptors (Lipinski definition) is 5. The zero-order valence-corrected chi connectivity index (χ0v) is 17.1. The Balaban J connectivity index is 1.94. The van der Waals surface area contributed by atoms with Crippen LogP contribution in [-0.2, 0) is 26.1 Å². The lowest BCUT2D eigenvalue weighted by Gasteiger charge is -2.17. The Morgan fingerprint density at radius 2 is 1.75 bits per heavy atom. The molecule has 1 atom stereocenters. The summed E-state index contributed by atoms with van der Waals surface area (Å²) in [6.07, 6.45) is 0. The van der Waals surface area contributed by atoms with Crippen LogP contribution in [0.2, 0.25) is 0 Å². The number of amides is 1. The van der Waals surface area contributed by atoms with Gasteiger partial charge in [-0.05, 0) is 36.8 Å². The average molecular weight is 407 g/mol. The van der Waals surface area contributed by atoms with Crippen LogP contribution in [0.4, 0.5) is 0 Å². The SMILES string of the molecule is COC[C@@H](C)NC(=O)COc1ccc(S(=O)(=O)N(C)Cc2ccccc2)cc1. The third-order valence-corrected chi connectivity index (χ3v) is 5.79. The molecule has 1 N–H and O–H groups in total. The van der Waals surface area contributed by atoms with E-state index in [4.69, 9.17) is 9.47 Å². The molecule has 0 radical (unpaired) electrons. The number of carbonyl (C=O) groups is 1. The van der Waals surface area contributed by atoms with E-state index in [9.17, 15) is 13.2 Å². The third-order valence-electron chi connectivity index (χ3n) is 3.97. The molecule has 28 heavy (non-hydrogen) atoms. The molecule has 0 aliphatic carbocycles. The Bertz CT molecular complexity index is 854. The van der Waals surface area contributed by atoms with Crippen LogP contribution in [-0.4, -0.2) is 52.0 Å². The van der Waals surface area contributed by atoms with Gasteiger partial charge in [-0.15, -0.1) is 0 Å². The minimum atomic E-state index is -3.62. The summed E-state index contributed by atoms with van der Waals surface area (Å²) in [5.74, 6) is 0.142. The van der Waals surface area contributed by atoms with Crippen LogP contribution in [0, 0.1) is 0 Å². The van der Waals surface area contributed by atoms with Crippen molar-refractivity contribution in [1.29, 1.82) is 0 Å². The van der Waals surface area contributed by atoms with E-state index < -0.39 is 10.0 Å². The minimum Gasteiger partial charge on any atom is -0.484 e. The molecule has 0 saturated carbocycles. The maximum atomic E-state index is 12.7. The molecule has 2 aromatic carbocycles. The van der Waals surface area contributed by atoms with Gasteiger partial charge in [-0.3, -0.25) is 4.79 Å². The highest BCUT2D eigenvalue weighted by Crippen LogP contribution is 2.20. The maximum absolute atomic E-state index is 12.7. The van der Waals surface area contributed by atoms with Gasteiger partial charge in [0.1, 0.15) is 5.75 Å². The Morgan fingerprint density at radius 1 is 1.11 bits per heavy atom. The minimum absolute atomic E-state index is 0.117. The predicted octanol–water partition coefficient (Wildman–Crippen LogP) is 2.04. The summed E-state index contributed by atoms with van der Waals surface area (Å²) in [6, 6.07) is 15.3. The lowest BCUT2D eigenvalue weighted by molar-refractivity contribution is -0.124. The molecule has 0 unspecified atom stereocenters. The summed E-state index contributed by atoms with van der Waals surface area (Å²) >= 11 is 0. The van der Waals surface area contributed by atoms with Gasteiger partial charge in [0.15, 0.2) is 6.61 Å². The van der Waals surface area contributed by atoms with Crippen LogP contribution in [0.25, 0.3) is 0 Å². The Kier molecular flexibility index (Phi) is 7.98. The molecular weight excluding hydrogens is 380 g/mol. The van der Waals surface area contributed by atoms with Crippen LogP contribution in [0.3, 0.4) is 0 Å². The topological polar surface area (TPSA) is 84.9 Å². The van der Waals surface area contributed by atoms with E-state index in [-0.39, 0.29) is 30.0 Å². The normalized spacial score (nSPS) is 12.6. The number of nitrogens with zero attached hydrogens (tertiary/aromatic N) is 1. The molecule has 2 aromatic rings. The molecule has 0 spiro atoms. The molecule has 152 valence electrons. The summed E-state index contributed by atoms with van der Waals surface area (Å²) in [6.45, 7) is 2.36. The van der Waals surface area contributed by atoms with Crippen molar-refractivity contribution in [1.82, 2.24) is 9.62 Å². The molecule has 2 rings (SSSR count). The van der Waals surface area contributed by atoms with Crippen LogP contribution in [0.15, 0.2) is 59.5 Å². The van der Waals surface area contributed by atoms with E-state index >= 15 is 0 Å². The van der Waals surface area contributed by atoms with Gasteiger partial charge in [0, 0.05) is 26.7 Å². The Morgan fingerprint density at radius 3 is 2.36 bits per heavy atom. The van der Waals surface area contributed by atoms with E-state index in [0.29, 0.717) is 12.4 Å².